The van der Waals surface area contributed by atoms with E-state index >= 15 is 4.39 Å². The Balaban J connectivity index is 1.28. The van der Waals surface area contributed by atoms with Gasteiger partial charge >= 0.3 is 0 Å². The van der Waals surface area contributed by atoms with Crippen molar-refractivity contribution in [3.05, 3.63) is 71.4 Å². The first-order valence-electron chi connectivity index (χ1n) is 13.3. The van der Waals surface area contributed by atoms with E-state index in [0.717, 1.165) is 48.2 Å². The molecule has 2 aromatic carbocycles. The lowest BCUT2D eigenvalue weighted by Crippen LogP contribution is -2.38. The molecule has 0 spiro atoms. The number of furan rings is 1. The minimum absolute atomic E-state index is 0.0833. The van der Waals surface area contributed by atoms with Gasteiger partial charge in [-0.05, 0) is 82.7 Å². The summed E-state index contributed by atoms with van der Waals surface area (Å²) in [6.45, 7) is 7.28. The zero-order chi connectivity index (χ0) is 26.4. The van der Waals surface area contributed by atoms with Gasteiger partial charge in [0.15, 0.2) is 17.4 Å². The molecule has 4 heterocycles. The number of fused-ring (bicyclic) bond motifs is 2. The summed E-state index contributed by atoms with van der Waals surface area (Å²) in [7, 11) is 2.15. The molecule has 8 heteroatoms. The van der Waals surface area contributed by atoms with E-state index in [1.807, 2.05) is 26.0 Å². The predicted octanol–water partition coefficient (Wildman–Crippen LogP) is 6.18. The van der Waals surface area contributed by atoms with E-state index in [9.17, 15) is 4.39 Å². The van der Waals surface area contributed by atoms with Crippen molar-refractivity contribution < 1.29 is 17.9 Å². The predicted molar refractivity (Wildman–Crippen MR) is 144 cm³/mol. The Hall–Kier alpha value is -3.52. The number of aromatic nitrogens is 2. The number of rotatable bonds is 5. The molecular weight excluding hydrogens is 486 g/mol. The number of ether oxygens (including phenoxy) is 1. The van der Waals surface area contributed by atoms with Crippen molar-refractivity contribution in [3.8, 4) is 17.0 Å². The summed E-state index contributed by atoms with van der Waals surface area (Å²) in [6.07, 6.45) is 3.78. The molecule has 6 nitrogen and oxygen atoms in total. The lowest BCUT2D eigenvalue weighted by Gasteiger charge is -2.34. The van der Waals surface area contributed by atoms with Gasteiger partial charge in [0.05, 0.1) is 18.4 Å². The fourth-order valence-electron chi connectivity index (χ4n) is 5.57. The maximum Gasteiger partial charge on any atom is 0.178 e. The number of likely N-dealkylation sites (tertiary alicyclic amines) is 1. The largest absolute Gasteiger partial charge is 0.486 e. The molecule has 2 aromatic heterocycles. The van der Waals surface area contributed by atoms with Crippen molar-refractivity contribution in [2.75, 3.05) is 38.2 Å². The van der Waals surface area contributed by atoms with Crippen LogP contribution in [0.15, 0.2) is 47.0 Å². The van der Waals surface area contributed by atoms with E-state index in [2.05, 4.69) is 38.9 Å². The molecule has 0 amide bonds. The van der Waals surface area contributed by atoms with Crippen LogP contribution in [0.4, 0.5) is 14.5 Å². The summed E-state index contributed by atoms with van der Waals surface area (Å²) in [5.74, 6) is 1.05. The van der Waals surface area contributed by atoms with Crippen LogP contribution in [0.1, 0.15) is 49.8 Å². The van der Waals surface area contributed by atoms with Crippen molar-refractivity contribution in [2.24, 2.45) is 0 Å². The molecule has 198 valence electrons. The molecule has 1 saturated heterocycles. The SMILES string of the molecule is CC(C)N1CCOc2c(F)cc(-c3nc(Cc4ccc5oc(C6CCN(C)CC6)cc5c4)ncc3F)cc21. The molecule has 0 bridgehead atoms. The second kappa shape index (κ2) is 9.98. The van der Waals surface area contributed by atoms with Crippen LogP contribution in [0.2, 0.25) is 0 Å². The molecule has 6 rings (SSSR count). The monoisotopic (exact) mass is 518 g/mol. The Bertz CT molecular complexity index is 1480. The minimum Gasteiger partial charge on any atom is -0.486 e. The zero-order valence-electron chi connectivity index (χ0n) is 22.0. The van der Waals surface area contributed by atoms with E-state index in [1.165, 1.54) is 12.3 Å². The average Bonchev–Trinajstić information content (AvgIpc) is 3.33. The third-order valence-corrected chi connectivity index (χ3v) is 7.69. The standard InChI is InChI=1S/C30H32F2N4O2/c1-18(2)36-10-11-37-30-23(31)14-22(15-25(30)36)29-24(32)17-33-28(34-29)13-19-4-5-26-21(12-19)16-27(38-26)20-6-8-35(3)9-7-20/h4-5,12,14-18,20H,6-11,13H2,1-3H3. The number of nitrogens with zero attached hydrogens (tertiary/aromatic N) is 4. The minimum atomic E-state index is -0.589. The summed E-state index contributed by atoms with van der Waals surface area (Å²) < 4.78 is 41.7. The lowest BCUT2D eigenvalue weighted by atomic mass is 9.94. The van der Waals surface area contributed by atoms with Crippen molar-refractivity contribution in [1.29, 1.82) is 0 Å². The normalized spacial score (nSPS) is 16.7. The molecule has 1 fully saturated rings. The van der Waals surface area contributed by atoms with E-state index < -0.39 is 11.6 Å². The summed E-state index contributed by atoms with van der Waals surface area (Å²) in [5, 5.41) is 1.05. The van der Waals surface area contributed by atoms with E-state index in [1.54, 1.807) is 6.07 Å². The third-order valence-electron chi connectivity index (χ3n) is 7.69. The van der Waals surface area contributed by atoms with E-state index in [4.69, 9.17) is 9.15 Å². The van der Waals surface area contributed by atoms with Crippen molar-refractivity contribution in [3.63, 3.8) is 0 Å². The van der Waals surface area contributed by atoms with Gasteiger partial charge in [0.25, 0.3) is 0 Å². The van der Waals surface area contributed by atoms with E-state index in [-0.39, 0.29) is 17.5 Å². The molecule has 0 N–H and O–H groups in total. The van der Waals surface area contributed by atoms with Gasteiger partial charge in [-0.3, -0.25) is 0 Å². The Labute approximate surface area is 221 Å². The van der Waals surface area contributed by atoms with Crippen LogP contribution >= 0.6 is 0 Å². The Kier molecular flexibility index (Phi) is 6.51. The molecule has 38 heavy (non-hydrogen) atoms. The van der Waals surface area contributed by atoms with Gasteiger partial charge < -0.3 is 19.0 Å². The highest BCUT2D eigenvalue weighted by atomic mass is 19.1. The average molecular weight is 519 g/mol. The summed E-state index contributed by atoms with van der Waals surface area (Å²) in [6, 6.07) is 11.4. The Morgan fingerprint density at radius 2 is 1.84 bits per heavy atom. The lowest BCUT2D eigenvalue weighted by molar-refractivity contribution is 0.242. The van der Waals surface area contributed by atoms with Crippen LogP contribution < -0.4 is 9.64 Å². The molecular formula is C30H32F2N4O2. The van der Waals surface area contributed by atoms with Crippen LogP contribution in [0, 0.1) is 11.6 Å². The maximum atomic E-state index is 15.0. The smallest absolute Gasteiger partial charge is 0.178 e. The van der Waals surface area contributed by atoms with Crippen molar-refractivity contribution in [1.82, 2.24) is 14.9 Å². The van der Waals surface area contributed by atoms with Crippen molar-refractivity contribution >= 4 is 16.7 Å². The third kappa shape index (κ3) is 4.73. The molecule has 2 aliphatic rings. The number of benzene rings is 2. The highest BCUT2D eigenvalue weighted by Gasteiger charge is 2.26. The Morgan fingerprint density at radius 1 is 1.03 bits per heavy atom. The van der Waals surface area contributed by atoms with Crippen LogP contribution in [0.5, 0.6) is 5.75 Å². The van der Waals surface area contributed by atoms with Gasteiger partial charge in [0.1, 0.15) is 29.5 Å². The summed E-state index contributed by atoms with van der Waals surface area (Å²) >= 11 is 0. The Morgan fingerprint density at radius 3 is 2.63 bits per heavy atom. The molecule has 0 atom stereocenters. The number of halogens is 2. The molecule has 0 radical (unpaired) electrons. The topological polar surface area (TPSA) is 54.6 Å². The highest BCUT2D eigenvalue weighted by molar-refractivity contribution is 5.79. The van der Waals surface area contributed by atoms with Crippen LogP contribution in [0.25, 0.3) is 22.2 Å². The molecule has 2 aliphatic heterocycles. The van der Waals surface area contributed by atoms with Crippen molar-refractivity contribution in [2.45, 2.75) is 45.1 Å². The first-order valence-corrected chi connectivity index (χ1v) is 13.3. The van der Waals surface area contributed by atoms with E-state index in [0.29, 0.717) is 42.6 Å². The van der Waals surface area contributed by atoms with Gasteiger partial charge in [0, 0.05) is 29.3 Å². The number of hydrogen-bond donors (Lipinski definition) is 0. The van der Waals surface area contributed by atoms with Gasteiger partial charge in [-0.1, -0.05) is 6.07 Å². The summed E-state index contributed by atoms with van der Waals surface area (Å²) in [5.41, 5.74) is 2.94. The number of piperidine rings is 1. The molecule has 0 saturated carbocycles. The quantitative estimate of drug-likeness (QED) is 0.315. The van der Waals surface area contributed by atoms with Gasteiger partial charge in [-0.15, -0.1) is 0 Å². The first-order chi connectivity index (χ1) is 18.4. The van der Waals surface area contributed by atoms with Crippen LogP contribution in [-0.4, -0.2) is 54.2 Å². The highest BCUT2D eigenvalue weighted by Crippen LogP contribution is 2.39. The zero-order valence-corrected chi connectivity index (χ0v) is 22.0. The van der Waals surface area contributed by atoms with Gasteiger partial charge in [0.2, 0.25) is 0 Å². The first kappa shape index (κ1) is 24.8. The number of hydrogen-bond acceptors (Lipinski definition) is 6. The van der Waals surface area contributed by atoms with Gasteiger partial charge in [-0.2, -0.15) is 0 Å². The maximum absolute atomic E-state index is 15.0. The molecule has 4 aromatic rings. The second-order valence-corrected chi connectivity index (χ2v) is 10.7. The second-order valence-electron chi connectivity index (χ2n) is 10.7. The fraction of sp³-hybridized carbons (Fsp3) is 0.400. The fourth-order valence-corrected chi connectivity index (χ4v) is 5.57. The molecule has 0 aliphatic carbocycles. The number of anilines is 1. The van der Waals surface area contributed by atoms with Gasteiger partial charge in [-0.25, -0.2) is 18.7 Å². The summed E-state index contributed by atoms with van der Waals surface area (Å²) in [4.78, 5) is 13.2. The van der Waals surface area contributed by atoms with Crippen LogP contribution in [-0.2, 0) is 6.42 Å². The van der Waals surface area contributed by atoms with Crippen LogP contribution in [0.3, 0.4) is 0 Å². The molecule has 0 unspecified atom stereocenters.